The first kappa shape index (κ1) is 19.9. The third-order valence-corrected chi connectivity index (χ3v) is 4.38. The molecule has 26 heavy (non-hydrogen) atoms. The van der Waals surface area contributed by atoms with Crippen molar-refractivity contribution < 1.29 is 14.0 Å². The fourth-order valence-corrected chi connectivity index (χ4v) is 3.01. The molecule has 1 N–H and O–H groups in total. The van der Waals surface area contributed by atoms with Gasteiger partial charge in [0.15, 0.2) is 0 Å². The largest absolute Gasteiger partial charge is 0.357 e. The summed E-state index contributed by atoms with van der Waals surface area (Å²) in [6.45, 7) is 2.08. The van der Waals surface area contributed by atoms with Crippen molar-refractivity contribution in [3.63, 3.8) is 0 Å². The van der Waals surface area contributed by atoms with Crippen LogP contribution in [0.3, 0.4) is 0 Å². The van der Waals surface area contributed by atoms with Gasteiger partial charge in [-0.25, -0.2) is 4.39 Å². The Kier molecular flexibility index (Phi) is 7.16. The standard InChI is InChI=1S/C20H22ClFN2O2/c1-3-18(20(26)23-2)24(13-14-7-9-17(22)10-8-14)19(25)12-15-5-4-6-16(21)11-15/h4-11,18H,3,12-13H2,1-2H3,(H,23,26)/t18-/m0/s1. The SMILES string of the molecule is CC[C@@H](C(=O)NC)N(Cc1ccc(F)cc1)C(=O)Cc1cccc(Cl)c1. The zero-order valence-corrected chi connectivity index (χ0v) is 15.6. The first-order valence-corrected chi connectivity index (χ1v) is 8.82. The van der Waals surface area contributed by atoms with Crippen LogP contribution in [0, 0.1) is 5.82 Å². The molecule has 6 heteroatoms. The number of nitrogens with zero attached hydrogens (tertiary/aromatic N) is 1. The van der Waals surface area contributed by atoms with E-state index in [0.29, 0.717) is 11.4 Å². The highest BCUT2D eigenvalue weighted by Gasteiger charge is 2.28. The molecule has 0 saturated heterocycles. The number of halogens is 2. The highest BCUT2D eigenvalue weighted by atomic mass is 35.5. The molecule has 0 spiro atoms. The second kappa shape index (κ2) is 9.34. The molecule has 2 aromatic carbocycles. The molecule has 0 aliphatic carbocycles. The van der Waals surface area contributed by atoms with Crippen LogP contribution in [0.2, 0.25) is 5.02 Å². The van der Waals surface area contributed by atoms with Crippen LogP contribution < -0.4 is 5.32 Å². The van der Waals surface area contributed by atoms with Crippen molar-refractivity contribution in [2.45, 2.75) is 32.4 Å². The van der Waals surface area contributed by atoms with Gasteiger partial charge in [-0.15, -0.1) is 0 Å². The molecule has 0 heterocycles. The lowest BCUT2D eigenvalue weighted by atomic mass is 10.1. The Labute approximate surface area is 158 Å². The molecule has 4 nitrogen and oxygen atoms in total. The lowest BCUT2D eigenvalue weighted by Gasteiger charge is -2.30. The van der Waals surface area contributed by atoms with Crippen LogP contribution in [-0.2, 0) is 22.6 Å². The molecule has 0 fully saturated rings. The summed E-state index contributed by atoms with van der Waals surface area (Å²) in [5.74, 6) is -0.759. The average Bonchev–Trinajstić information content (AvgIpc) is 2.62. The van der Waals surface area contributed by atoms with Gasteiger partial charge in [-0.3, -0.25) is 9.59 Å². The van der Waals surface area contributed by atoms with Crippen LogP contribution in [0.4, 0.5) is 4.39 Å². The van der Waals surface area contributed by atoms with Crippen LogP contribution in [0.1, 0.15) is 24.5 Å². The van der Waals surface area contributed by atoms with Gasteiger partial charge in [-0.1, -0.05) is 42.8 Å². The van der Waals surface area contributed by atoms with Gasteiger partial charge in [0.25, 0.3) is 0 Å². The number of benzene rings is 2. The maximum absolute atomic E-state index is 13.2. The molecular formula is C20H22ClFN2O2. The molecular weight excluding hydrogens is 355 g/mol. The lowest BCUT2D eigenvalue weighted by Crippen LogP contribution is -2.48. The zero-order chi connectivity index (χ0) is 19.1. The normalized spacial score (nSPS) is 11.7. The Morgan fingerprint density at radius 1 is 1.15 bits per heavy atom. The minimum Gasteiger partial charge on any atom is -0.357 e. The second-order valence-corrected chi connectivity index (χ2v) is 6.43. The molecule has 0 saturated carbocycles. The lowest BCUT2D eigenvalue weighted by molar-refractivity contribution is -0.140. The smallest absolute Gasteiger partial charge is 0.242 e. The predicted octanol–water partition coefficient (Wildman–Crippen LogP) is 3.58. The first-order chi connectivity index (χ1) is 12.4. The molecule has 138 valence electrons. The monoisotopic (exact) mass is 376 g/mol. The number of nitrogens with one attached hydrogen (secondary N) is 1. The maximum Gasteiger partial charge on any atom is 0.242 e. The molecule has 1 atom stereocenters. The molecule has 0 aromatic heterocycles. The Bertz CT molecular complexity index is 765. The Morgan fingerprint density at radius 3 is 2.42 bits per heavy atom. The van der Waals surface area contributed by atoms with Gasteiger partial charge in [-0.05, 0) is 41.8 Å². The summed E-state index contributed by atoms with van der Waals surface area (Å²) in [4.78, 5) is 26.7. The van der Waals surface area contributed by atoms with Crippen molar-refractivity contribution in [3.05, 3.63) is 70.5 Å². The Balaban J connectivity index is 2.27. The summed E-state index contributed by atoms with van der Waals surface area (Å²) in [5, 5.41) is 3.16. The van der Waals surface area contributed by atoms with E-state index in [9.17, 15) is 14.0 Å². The van der Waals surface area contributed by atoms with Gasteiger partial charge in [0, 0.05) is 18.6 Å². The van der Waals surface area contributed by atoms with Crippen molar-refractivity contribution in [2.24, 2.45) is 0 Å². The quantitative estimate of drug-likeness (QED) is 0.803. The topological polar surface area (TPSA) is 49.4 Å². The van der Waals surface area contributed by atoms with Gasteiger partial charge in [-0.2, -0.15) is 0 Å². The van der Waals surface area contributed by atoms with Crippen molar-refractivity contribution in [1.29, 1.82) is 0 Å². The second-order valence-electron chi connectivity index (χ2n) is 5.99. The van der Waals surface area contributed by atoms with Gasteiger partial charge >= 0.3 is 0 Å². The maximum atomic E-state index is 13.2. The van der Waals surface area contributed by atoms with E-state index < -0.39 is 6.04 Å². The van der Waals surface area contributed by atoms with Crippen LogP contribution in [-0.4, -0.2) is 29.8 Å². The van der Waals surface area contributed by atoms with Crippen LogP contribution in [0.5, 0.6) is 0 Å². The summed E-state index contributed by atoms with van der Waals surface area (Å²) < 4.78 is 13.2. The molecule has 2 amide bonds. The first-order valence-electron chi connectivity index (χ1n) is 8.44. The summed E-state index contributed by atoms with van der Waals surface area (Å²) in [6.07, 6.45) is 0.609. The van der Waals surface area contributed by atoms with Crippen LogP contribution in [0.15, 0.2) is 48.5 Å². The number of likely N-dealkylation sites (N-methyl/N-ethyl adjacent to an activating group) is 1. The van der Waals surface area contributed by atoms with E-state index in [1.807, 2.05) is 13.0 Å². The number of hydrogen-bond acceptors (Lipinski definition) is 2. The summed E-state index contributed by atoms with van der Waals surface area (Å²) >= 11 is 5.99. The Morgan fingerprint density at radius 2 is 1.85 bits per heavy atom. The summed E-state index contributed by atoms with van der Waals surface area (Å²) in [5.41, 5.74) is 1.53. The molecule has 2 rings (SSSR count). The highest BCUT2D eigenvalue weighted by Crippen LogP contribution is 2.17. The average molecular weight is 377 g/mol. The van der Waals surface area contributed by atoms with E-state index in [2.05, 4.69) is 5.32 Å². The van der Waals surface area contributed by atoms with Crippen LogP contribution in [0.25, 0.3) is 0 Å². The minimum absolute atomic E-state index is 0.134. The third-order valence-electron chi connectivity index (χ3n) is 4.14. The van der Waals surface area contributed by atoms with E-state index in [4.69, 9.17) is 11.6 Å². The molecule has 0 unspecified atom stereocenters. The van der Waals surface area contributed by atoms with Crippen molar-refractivity contribution in [3.8, 4) is 0 Å². The molecule has 0 aliphatic rings. The number of hydrogen-bond donors (Lipinski definition) is 1. The molecule has 0 bridgehead atoms. The molecule has 2 aromatic rings. The van der Waals surface area contributed by atoms with E-state index in [1.54, 1.807) is 37.4 Å². The van der Waals surface area contributed by atoms with Crippen molar-refractivity contribution in [2.75, 3.05) is 7.05 Å². The fraction of sp³-hybridized carbons (Fsp3) is 0.300. The molecule has 0 aliphatic heterocycles. The van der Waals surface area contributed by atoms with E-state index in [0.717, 1.165) is 11.1 Å². The van der Waals surface area contributed by atoms with Crippen LogP contribution >= 0.6 is 11.6 Å². The van der Waals surface area contributed by atoms with Gasteiger partial charge in [0.1, 0.15) is 11.9 Å². The predicted molar refractivity (Wildman–Crippen MR) is 100 cm³/mol. The van der Waals surface area contributed by atoms with Gasteiger partial charge in [0.05, 0.1) is 6.42 Å². The van der Waals surface area contributed by atoms with E-state index in [1.165, 1.54) is 17.0 Å². The fourth-order valence-electron chi connectivity index (χ4n) is 2.80. The summed E-state index contributed by atoms with van der Waals surface area (Å²) in [7, 11) is 1.54. The zero-order valence-electron chi connectivity index (χ0n) is 14.8. The van der Waals surface area contributed by atoms with E-state index in [-0.39, 0.29) is 30.6 Å². The summed E-state index contributed by atoms with van der Waals surface area (Å²) in [6, 6.07) is 12.4. The van der Waals surface area contributed by atoms with Crippen molar-refractivity contribution >= 4 is 23.4 Å². The number of amides is 2. The van der Waals surface area contributed by atoms with Gasteiger partial charge < -0.3 is 10.2 Å². The molecule has 0 radical (unpaired) electrons. The van der Waals surface area contributed by atoms with Gasteiger partial charge in [0.2, 0.25) is 11.8 Å². The Hall–Kier alpha value is -2.40. The van der Waals surface area contributed by atoms with Crippen molar-refractivity contribution in [1.82, 2.24) is 10.2 Å². The third kappa shape index (κ3) is 5.30. The number of rotatable bonds is 7. The number of carbonyl (C=O) groups is 2. The minimum atomic E-state index is -0.600. The highest BCUT2D eigenvalue weighted by molar-refractivity contribution is 6.30. The number of carbonyl (C=O) groups excluding carboxylic acids is 2. The van der Waals surface area contributed by atoms with E-state index >= 15 is 0 Å².